The van der Waals surface area contributed by atoms with E-state index in [9.17, 15) is 4.39 Å². The summed E-state index contributed by atoms with van der Waals surface area (Å²) >= 11 is 6.07. The predicted octanol–water partition coefficient (Wildman–Crippen LogP) is 3.84. The predicted molar refractivity (Wildman–Crippen MR) is 81.1 cm³/mol. The van der Waals surface area contributed by atoms with E-state index in [1.54, 1.807) is 12.1 Å². The molecule has 2 nitrogen and oxygen atoms in total. The van der Waals surface area contributed by atoms with Gasteiger partial charge < -0.3 is 0 Å². The summed E-state index contributed by atoms with van der Waals surface area (Å²) in [5.74, 6) is 5.32. The van der Waals surface area contributed by atoms with Crippen LogP contribution in [0.4, 0.5) is 4.39 Å². The van der Waals surface area contributed by atoms with Gasteiger partial charge in [0.25, 0.3) is 0 Å². The molecular formula is C16H18ClFN2. The molecule has 0 spiro atoms. The Bertz CT molecular complexity index is 593. The van der Waals surface area contributed by atoms with Crippen molar-refractivity contribution in [2.45, 2.75) is 26.3 Å². The minimum atomic E-state index is -0.304. The largest absolute Gasteiger partial charge is 0.271 e. The first-order valence-electron chi connectivity index (χ1n) is 6.49. The van der Waals surface area contributed by atoms with E-state index in [1.165, 1.54) is 17.2 Å². The molecule has 2 rings (SSSR count). The zero-order chi connectivity index (χ0) is 14.7. The number of aryl methyl sites for hydroxylation is 2. The van der Waals surface area contributed by atoms with Gasteiger partial charge in [0.1, 0.15) is 5.82 Å². The summed E-state index contributed by atoms with van der Waals surface area (Å²) in [5, 5.41) is 0.425. The van der Waals surface area contributed by atoms with Crippen LogP contribution in [0.25, 0.3) is 0 Å². The van der Waals surface area contributed by atoms with E-state index < -0.39 is 0 Å². The van der Waals surface area contributed by atoms with Crippen molar-refractivity contribution in [3.63, 3.8) is 0 Å². The summed E-state index contributed by atoms with van der Waals surface area (Å²) in [4.78, 5) is 0. The lowest BCUT2D eigenvalue weighted by Gasteiger charge is -2.18. The highest BCUT2D eigenvalue weighted by atomic mass is 35.5. The summed E-state index contributed by atoms with van der Waals surface area (Å²) in [6.07, 6.45) is 0.407. The van der Waals surface area contributed by atoms with Crippen LogP contribution in [0.15, 0.2) is 36.4 Å². The van der Waals surface area contributed by atoms with Crippen molar-refractivity contribution in [3.8, 4) is 0 Å². The van der Waals surface area contributed by atoms with E-state index in [-0.39, 0.29) is 11.9 Å². The molecule has 0 aliphatic carbocycles. The molecule has 0 saturated heterocycles. The summed E-state index contributed by atoms with van der Waals surface area (Å²) < 4.78 is 13.9. The first-order chi connectivity index (χ1) is 9.52. The van der Waals surface area contributed by atoms with Gasteiger partial charge in [-0.15, -0.1) is 0 Å². The number of benzene rings is 2. The maximum Gasteiger partial charge on any atom is 0.127 e. The molecule has 0 radical (unpaired) electrons. The van der Waals surface area contributed by atoms with Crippen LogP contribution >= 0.6 is 11.6 Å². The standard InChI is InChI=1S/C16H18ClFN2/c1-10-6-7-12(8-11(10)2)16(20-19)9-13-14(17)4-3-5-15(13)18/h3-8,16,20H,9,19H2,1-2H3. The van der Waals surface area contributed by atoms with Gasteiger partial charge in [0.2, 0.25) is 0 Å². The number of hydrazine groups is 1. The molecule has 0 saturated carbocycles. The molecule has 1 atom stereocenters. The van der Waals surface area contributed by atoms with Crippen LogP contribution in [0.5, 0.6) is 0 Å². The first-order valence-corrected chi connectivity index (χ1v) is 6.87. The van der Waals surface area contributed by atoms with Gasteiger partial charge >= 0.3 is 0 Å². The second-order valence-electron chi connectivity index (χ2n) is 4.97. The average Bonchev–Trinajstić information content (AvgIpc) is 2.42. The molecular weight excluding hydrogens is 275 g/mol. The average molecular weight is 293 g/mol. The van der Waals surface area contributed by atoms with Crippen LogP contribution < -0.4 is 11.3 Å². The van der Waals surface area contributed by atoms with Gasteiger partial charge in [-0.25, -0.2) is 4.39 Å². The summed E-state index contributed by atoms with van der Waals surface area (Å²) in [6, 6.07) is 10.6. The highest BCUT2D eigenvalue weighted by Gasteiger charge is 2.16. The van der Waals surface area contributed by atoms with Gasteiger partial charge in [0.15, 0.2) is 0 Å². The molecule has 0 amide bonds. The Kier molecular flexibility index (Phi) is 4.76. The maximum atomic E-state index is 13.9. The molecule has 4 heteroatoms. The molecule has 2 aromatic carbocycles. The van der Waals surface area contributed by atoms with Crippen molar-refractivity contribution in [1.82, 2.24) is 5.43 Å². The van der Waals surface area contributed by atoms with Crippen LogP contribution in [0.2, 0.25) is 5.02 Å². The topological polar surface area (TPSA) is 38.0 Å². The number of nitrogens with two attached hydrogens (primary N) is 1. The number of rotatable bonds is 4. The Morgan fingerprint density at radius 1 is 1.20 bits per heavy atom. The van der Waals surface area contributed by atoms with Crippen molar-refractivity contribution >= 4 is 11.6 Å². The van der Waals surface area contributed by atoms with Gasteiger partial charge in [-0.2, -0.15) is 0 Å². The minimum Gasteiger partial charge on any atom is -0.271 e. The quantitative estimate of drug-likeness (QED) is 0.664. The molecule has 106 valence electrons. The van der Waals surface area contributed by atoms with E-state index in [0.29, 0.717) is 17.0 Å². The van der Waals surface area contributed by atoms with Crippen LogP contribution in [-0.2, 0) is 6.42 Å². The molecule has 3 N–H and O–H groups in total. The van der Waals surface area contributed by atoms with Crippen molar-refractivity contribution < 1.29 is 4.39 Å². The van der Waals surface area contributed by atoms with Gasteiger partial charge in [0, 0.05) is 10.6 Å². The lowest BCUT2D eigenvalue weighted by molar-refractivity contribution is 0.529. The summed E-state index contributed by atoms with van der Waals surface area (Å²) in [5.41, 5.74) is 6.65. The Labute approximate surface area is 123 Å². The fourth-order valence-electron chi connectivity index (χ4n) is 2.19. The molecule has 0 aliphatic rings. The van der Waals surface area contributed by atoms with Crippen LogP contribution in [0.1, 0.15) is 28.3 Å². The lowest BCUT2D eigenvalue weighted by Crippen LogP contribution is -2.30. The fraction of sp³-hybridized carbons (Fsp3) is 0.250. The second kappa shape index (κ2) is 6.35. The normalized spacial score (nSPS) is 12.4. The monoisotopic (exact) mass is 292 g/mol. The zero-order valence-corrected chi connectivity index (χ0v) is 12.3. The summed E-state index contributed by atoms with van der Waals surface area (Å²) in [7, 11) is 0. The Morgan fingerprint density at radius 2 is 1.95 bits per heavy atom. The maximum absolute atomic E-state index is 13.9. The highest BCUT2D eigenvalue weighted by Crippen LogP contribution is 2.26. The van der Waals surface area contributed by atoms with Crippen LogP contribution in [0.3, 0.4) is 0 Å². The Hall–Kier alpha value is -1.42. The van der Waals surface area contributed by atoms with Crippen LogP contribution in [0, 0.1) is 19.7 Å². The van der Waals surface area contributed by atoms with Gasteiger partial charge in [0.05, 0.1) is 6.04 Å². The molecule has 20 heavy (non-hydrogen) atoms. The number of hydrogen-bond acceptors (Lipinski definition) is 2. The smallest absolute Gasteiger partial charge is 0.127 e. The zero-order valence-electron chi connectivity index (χ0n) is 11.6. The van der Waals surface area contributed by atoms with Gasteiger partial charge in [-0.3, -0.25) is 11.3 Å². The molecule has 0 aromatic heterocycles. The van der Waals surface area contributed by atoms with E-state index in [0.717, 1.165) is 5.56 Å². The van der Waals surface area contributed by atoms with E-state index >= 15 is 0 Å². The minimum absolute atomic E-state index is 0.177. The third-order valence-electron chi connectivity index (χ3n) is 3.60. The number of nitrogens with one attached hydrogen (secondary N) is 1. The lowest BCUT2D eigenvalue weighted by atomic mass is 9.96. The Balaban J connectivity index is 2.31. The fourth-order valence-corrected chi connectivity index (χ4v) is 2.43. The van der Waals surface area contributed by atoms with E-state index in [4.69, 9.17) is 17.4 Å². The third kappa shape index (κ3) is 3.18. The van der Waals surface area contributed by atoms with Crippen LogP contribution in [-0.4, -0.2) is 0 Å². The second-order valence-corrected chi connectivity index (χ2v) is 5.37. The van der Waals surface area contributed by atoms with E-state index in [2.05, 4.69) is 18.4 Å². The van der Waals surface area contributed by atoms with Crippen molar-refractivity contribution in [2.75, 3.05) is 0 Å². The van der Waals surface area contributed by atoms with Gasteiger partial charge in [-0.05, 0) is 49.1 Å². The van der Waals surface area contributed by atoms with Crippen molar-refractivity contribution in [3.05, 3.63) is 69.5 Å². The molecule has 0 heterocycles. The number of halogens is 2. The molecule has 0 aliphatic heterocycles. The van der Waals surface area contributed by atoms with Crippen molar-refractivity contribution in [2.24, 2.45) is 5.84 Å². The third-order valence-corrected chi connectivity index (χ3v) is 3.96. The number of hydrogen-bond donors (Lipinski definition) is 2. The van der Waals surface area contributed by atoms with Gasteiger partial charge in [-0.1, -0.05) is 35.9 Å². The molecule has 0 bridgehead atoms. The summed E-state index contributed by atoms with van der Waals surface area (Å²) in [6.45, 7) is 4.10. The van der Waals surface area contributed by atoms with E-state index in [1.807, 2.05) is 19.1 Å². The Morgan fingerprint density at radius 3 is 2.55 bits per heavy atom. The molecule has 0 fully saturated rings. The molecule has 2 aromatic rings. The highest BCUT2D eigenvalue weighted by molar-refractivity contribution is 6.31. The molecule has 1 unspecified atom stereocenters. The van der Waals surface area contributed by atoms with Crippen molar-refractivity contribution in [1.29, 1.82) is 0 Å². The first kappa shape index (κ1) is 15.0. The SMILES string of the molecule is Cc1ccc(C(Cc2c(F)cccc2Cl)NN)cc1C.